The van der Waals surface area contributed by atoms with E-state index in [1.807, 2.05) is 6.07 Å². The van der Waals surface area contributed by atoms with Gasteiger partial charge in [0.05, 0.1) is 21.3 Å². The Kier molecular flexibility index (Phi) is 6.95. The molecule has 0 aliphatic heterocycles. The van der Waals surface area contributed by atoms with E-state index in [1.54, 1.807) is 35.9 Å². The number of nitrogens with zero attached hydrogens (tertiary/aromatic N) is 4. The Hall–Kier alpha value is -0.950. The fourth-order valence-electron chi connectivity index (χ4n) is 2.12. The monoisotopic (exact) mass is 478 g/mol. The molecule has 0 saturated heterocycles. The van der Waals surface area contributed by atoms with Crippen molar-refractivity contribution in [1.29, 1.82) is 0 Å². The average Bonchev–Trinajstić information content (AvgIpc) is 2.98. The summed E-state index contributed by atoms with van der Waals surface area (Å²) in [6.07, 6.45) is 1.53. The van der Waals surface area contributed by atoms with E-state index in [1.165, 1.54) is 18.0 Å². The maximum atomic E-state index is 6.22. The van der Waals surface area contributed by atoms with Crippen LogP contribution >= 0.6 is 69.8 Å². The van der Waals surface area contributed by atoms with Gasteiger partial charge in [-0.3, -0.25) is 0 Å². The third-order valence-electron chi connectivity index (χ3n) is 3.52. The summed E-state index contributed by atoms with van der Waals surface area (Å²) in [7, 11) is 0. The Bertz CT molecular complexity index is 1020. The molecule has 0 atom stereocenters. The van der Waals surface area contributed by atoms with Crippen LogP contribution in [0.15, 0.2) is 40.6 Å². The Morgan fingerprint density at radius 3 is 2.48 bits per heavy atom. The van der Waals surface area contributed by atoms with Crippen LogP contribution in [0.1, 0.15) is 17.0 Å². The van der Waals surface area contributed by atoms with Crippen LogP contribution < -0.4 is 0 Å². The number of aryl methyl sites for hydroxylation is 1. The number of hydrogen-bond acceptors (Lipinski definition) is 4. The van der Waals surface area contributed by atoms with Gasteiger partial charge in [0.15, 0.2) is 5.82 Å². The summed E-state index contributed by atoms with van der Waals surface area (Å²) in [6.45, 7) is 1.80. The van der Waals surface area contributed by atoms with Crippen LogP contribution in [0.2, 0.25) is 25.1 Å². The van der Waals surface area contributed by atoms with E-state index in [9.17, 15) is 0 Å². The highest BCUT2D eigenvalue weighted by molar-refractivity contribution is 7.98. The molecule has 3 rings (SSSR count). The molecule has 10 heteroatoms. The zero-order valence-electron chi connectivity index (χ0n) is 13.8. The second-order valence-electron chi connectivity index (χ2n) is 5.37. The number of thioether (sulfide) groups is 1. The summed E-state index contributed by atoms with van der Waals surface area (Å²) >= 11 is 32.0. The minimum Gasteiger partial charge on any atom is -0.192 e. The van der Waals surface area contributed by atoms with Crippen molar-refractivity contribution in [2.75, 3.05) is 0 Å². The highest BCUT2D eigenvalue weighted by atomic mass is 35.5. The zero-order valence-corrected chi connectivity index (χ0v) is 18.4. The van der Waals surface area contributed by atoms with Gasteiger partial charge in [0.1, 0.15) is 0 Å². The molecule has 0 spiro atoms. The second-order valence-corrected chi connectivity index (χ2v) is 8.35. The zero-order chi connectivity index (χ0) is 19.6. The van der Waals surface area contributed by atoms with Gasteiger partial charge in [0.25, 0.3) is 0 Å². The SMILES string of the molecule is Cc1nnc(SCc2ccc(Cl)cc2Cl)n1/N=C/c1c(Cl)ccc(Cl)c1Cl. The molecule has 0 bridgehead atoms. The van der Waals surface area contributed by atoms with Crippen LogP contribution in [0, 0.1) is 6.92 Å². The predicted molar refractivity (Wildman–Crippen MR) is 115 cm³/mol. The molecule has 140 valence electrons. The molecule has 0 unspecified atom stereocenters. The lowest BCUT2D eigenvalue weighted by Gasteiger charge is -2.06. The summed E-state index contributed by atoms with van der Waals surface area (Å²) in [4.78, 5) is 0. The Morgan fingerprint density at radius 1 is 1.00 bits per heavy atom. The van der Waals surface area contributed by atoms with Crippen LogP contribution in [0.3, 0.4) is 0 Å². The first kappa shape index (κ1) is 20.8. The van der Waals surface area contributed by atoms with Crippen molar-refractivity contribution < 1.29 is 0 Å². The first-order valence-electron chi connectivity index (χ1n) is 7.53. The largest absolute Gasteiger partial charge is 0.212 e. The van der Waals surface area contributed by atoms with E-state index in [4.69, 9.17) is 58.0 Å². The molecule has 1 heterocycles. The molecule has 4 nitrogen and oxygen atoms in total. The Morgan fingerprint density at radius 2 is 1.74 bits per heavy atom. The van der Waals surface area contributed by atoms with Gasteiger partial charge in [-0.1, -0.05) is 75.8 Å². The second kappa shape index (κ2) is 9.03. The van der Waals surface area contributed by atoms with E-state index in [0.29, 0.717) is 47.4 Å². The lowest BCUT2D eigenvalue weighted by Crippen LogP contribution is -1.97. The van der Waals surface area contributed by atoms with Gasteiger partial charge < -0.3 is 0 Å². The number of aromatic nitrogens is 3. The highest BCUT2D eigenvalue weighted by Crippen LogP contribution is 2.31. The summed E-state index contributed by atoms with van der Waals surface area (Å²) in [5.41, 5.74) is 1.46. The number of halogens is 5. The molecule has 0 aliphatic carbocycles. The van der Waals surface area contributed by atoms with Gasteiger partial charge >= 0.3 is 0 Å². The van der Waals surface area contributed by atoms with Gasteiger partial charge in [-0.25, -0.2) is 0 Å². The van der Waals surface area contributed by atoms with Crippen LogP contribution in [-0.4, -0.2) is 21.1 Å². The number of hydrogen-bond donors (Lipinski definition) is 0. The summed E-state index contributed by atoms with van der Waals surface area (Å²) in [6, 6.07) is 8.66. The molecular weight excluding hydrogens is 470 g/mol. The van der Waals surface area contributed by atoms with Crippen molar-refractivity contribution in [3.8, 4) is 0 Å². The average molecular weight is 481 g/mol. The van der Waals surface area contributed by atoms with Crippen molar-refractivity contribution in [2.45, 2.75) is 17.8 Å². The number of rotatable bonds is 5. The molecule has 0 fully saturated rings. The van der Waals surface area contributed by atoms with Crippen LogP contribution in [0.5, 0.6) is 0 Å². The first-order valence-corrected chi connectivity index (χ1v) is 10.4. The maximum Gasteiger partial charge on any atom is 0.212 e. The molecule has 2 aromatic carbocycles. The molecule has 0 aliphatic rings. The standard InChI is InChI=1S/C17H11Cl5N4S/c1-9-24-25-17(27-8-10-2-3-11(18)6-15(10)21)26(9)23-7-12-13(19)4-5-14(20)16(12)22/h2-7H,8H2,1H3/b23-7+. The van der Waals surface area contributed by atoms with E-state index in [0.717, 1.165) is 5.56 Å². The Labute approximate surface area is 185 Å². The van der Waals surface area contributed by atoms with E-state index >= 15 is 0 Å². The maximum absolute atomic E-state index is 6.22. The van der Waals surface area contributed by atoms with Crippen LogP contribution in [0.4, 0.5) is 0 Å². The van der Waals surface area contributed by atoms with Crippen molar-refractivity contribution in [2.24, 2.45) is 5.10 Å². The van der Waals surface area contributed by atoms with Gasteiger partial charge in [-0.05, 0) is 36.8 Å². The molecule has 0 amide bonds. The molecule has 0 radical (unpaired) electrons. The van der Waals surface area contributed by atoms with Crippen molar-refractivity contribution in [3.63, 3.8) is 0 Å². The molecule has 3 aromatic rings. The smallest absolute Gasteiger partial charge is 0.192 e. The third kappa shape index (κ3) is 4.91. The van der Waals surface area contributed by atoms with Gasteiger partial charge in [0.2, 0.25) is 5.16 Å². The van der Waals surface area contributed by atoms with Crippen molar-refractivity contribution >= 4 is 76.0 Å². The molecule has 1 aromatic heterocycles. The van der Waals surface area contributed by atoms with E-state index < -0.39 is 0 Å². The summed E-state index contributed by atoms with van der Waals surface area (Å²) in [5, 5.41) is 15.6. The van der Waals surface area contributed by atoms with Gasteiger partial charge in [-0.15, -0.1) is 10.2 Å². The van der Waals surface area contributed by atoms with Crippen LogP contribution in [0.25, 0.3) is 0 Å². The summed E-state index contributed by atoms with van der Waals surface area (Å²) in [5.74, 6) is 1.20. The molecule has 0 N–H and O–H groups in total. The normalized spacial score (nSPS) is 11.5. The van der Waals surface area contributed by atoms with E-state index in [-0.39, 0.29) is 0 Å². The lowest BCUT2D eigenvalue weighted by molar-refractivity contribution is 0.744. The van der Waals surface area contributed by atoms with E-state index in [2.05, 4.69) is 15.3 Å². The minimum atomic E-state index is 0.334. The highest BCUT2D eigenvalue weighted by Gasteiger charge is 2.12. The fourth-order valence-corrected chi connectivity index (χ4v) is 4.24. The molecule has 0 saturated carbocycles. The van der Waals surface area contributed by atoms with Gasteiger partial charge in [-0.2, -0.15) is 9.78 Å². The minimum absolute atomic E-state index is 0.334. The number of benzene rings is 2. The third-order valence-corrected chi connectivity index (χ3v) is 6.23. The Balaban J connectivity index is 1.84. The lowest BCUT2D eigenvalue weighted by atomic mass is 10.2. The summed E-state index contributed by atoms with van der Waals surface area (Å²) < 4.78 is 1.60. The van der Waals surface area contributed by atoms with Gasteiger partial charge in [0, 0.05) is 21.4 Å². The van der Waals surface area contributed by atoms with Crippen LogP contribution in [-0.2, 0) is 5.75 Å². The van der Waals surface area contributed by atoms with Crippen molar-refractivity contribution in [1.82, 2.24) is 14.9 Å². The fraction of sp³-hybridized carbons (Fsp3) is 0.118. The first-order chi connectivity index (χ1) is 12.9. The predicted octanol–water partition coefficient (Wildman–Crippen LogP) is 7.03. The van der Waals surface area contributed by atoms with Crippen molar-refractivity contribution in [3.05, 3.63) is 72.4 Å². The topological polar surface area (TPSA) is 43.1 Å². The molecular formula is C17H11Cl5N4S. The molecule has 27 heavy (non-hydrogen) atoms. The quantitative estimate of drug-likeness (QED) is 0.224.